The van der Waals surface area contributed by atoms with Crippen molar-refractivity contribution < 1.29 is 14.3 Å². The van der Waals surface area contributed by atoms with Crippen LogP contribution in [0.25, 0.3) is 0 Å². The highest BCUT2D eigenvalue weighted by Gasteiger charge is 2.16. The Morgan fingerprint density at radius 1 is 1.09 bits per heavy atom. The number of halogens is 1. The van der Waals surface area contributed by atoms with Crippen LogP contribution in [0.2, 0.25) is 0 Å². The summed E-state index contributed by atoms with van der Waals surface area (Å²) in [6.07, 6.45) is 0. The number of ether oxygens (including phenoxy) is 2. The number of carbonyl (C=O) groups excluding carboxylic acids is 1. The number of nitrogens with one attached hydrogen (secondary N) is 1. The van der Waals surface area contributed by atoms with Gasteiger partial charge in [-0.25, -0.2) is 0 Å². The summed E-state index contributed by atoms with van der Waals surface area (Å²) >= 11 is 4.84. The van der Waals surface area contributed by atoms with Crippen LogP contribution < -0.4 is 14.8 Å². The molecule has 0 fully saturated rings. The van der Waals surface area contributed by atoms with Gasteiger partial charge in [0.15, 0.2) is 11.5 Å². The lowest BCUT2D eigenvalue weighted by atomic mass is 10.3. The Morgan fingerprint density at radius 3 is 2.35 bits per heavy atom. The smallest absolute Gasteiger partial charge is 0.237 e. The second-order valence-electron chi connectivity index (χ2n) is 4.77. The fraction of sp³-hybridized carbons (Fsp3) is 0.235. The van der Waals surface area contributed by atoms with Gasteiger partial charge in [0.25, 0.3) is 0 Å². The number of benzene rings is 2. The molecule has 0 saturated heterocycles. The van der Waals surface area contributed by atoms with E-state index >= 15 is 0 Å². The molecule has 0 saturated carbocycles. The predicted molar refractivity (Wildman–Crippen MR) is 97.6 cm³/mol. The standard InChI is InChI=1S/C17H18BrNO3S/c1-11(17(20)19-13-6-4-12(18)5-7-13)23-14-8-9-15(21-2)16(10-14)22-3/h4-11H,1-3H3,(H,19,20)/t11-/m0/s1. The van der Waals surface area contributed by atoms with Gasteiger partial charge in [-0.15, -0.1) is 11.8 Å². The molecule has 6 heteroatoms. The second-order valence-corrected chi connectivity index (χ2v) is 7.10. The van der Waals surface area contributed by atoms with Gasteiger partial charge in [0.1, 0.15) is 0 Å². The van der Waals surface area contributed by atoms with Crippen LogP contribution in [0, 0.1) is 0 Å². The minimum Gasteiger partial charge on any atom is -0.493 e. The number of thioether (sulfide) groups is 1. The summed E-state index contributed by atoms with van der Waals surface area (Å²) in [6.45, 7) is 1.87. The maximum absolute atomic E-state index is 12.3. The molecule has 122 valence electrons. The van der Waals surface area contributed by atoms with Crippen molar-refractivity contribution >= 4 is 39.3 Å². The summed E-state index contributed by atoms with van der Waals surface area (Å²) in [5, 5.41) is 2.66. The Labute approximate surface area is 148 Å². The summed E-state index contributed by atoms with van der Waals surface area (Å²) in [7, 11) is 3.19. The van der Waals surface area contributed by atoms with Gasteiger partial charge in [0.2, 0.25) is 5.91 Å². The highest BCUT2D eigenvalue weighted by molar-refractivity contribution is 9.10. The zero-order valence-corrected chi connectivity index (χ0v) is 15.5. The van der Waals surface area contributed by atoms with Crippen LogP contribution in [0.15, 0.2) is 51.8 Å². The average molecular weight is 396 g/mol. The average Bonchev–Trinajstić information content (AvgIpc) is 2.56. The zero-order valence-electron chi connectivity index (χ0n) is 13.1. The first-order chi connectivity index (χ1) is 11.0. The van der Waals surface area contributed by atoms with Crippen molar-refractivity contribution in [1.82, 2.24) is 0 Å². The molecule has 23 heavy (non-hydrogen) atoms. The number of hydrogen-bond donors (Lipinski definition) is 1. The summed E-state index contributed by atoms with van der Waals surface area (Å²) in [5.74, 6) is 1.27. The van der Waals surface area contributed by atoms with Crippen LogP contribution in [0.4, 0.5) is 5.69 Å². The van der Waals surface area contributed by atoms with E-state index in [2.05, 4.69) is 21.2 Å². The number of hydrogen-bond acceptors (Lipinski definition) is 4. The first-order valence-corrected chi connectivity index (χ1v) is 8.66. The van der Waals surface area contributed by atoms with Gasteiger partial charge in [0.05, 0.1) is 19.5 Å². The normalized spacial score (nSPS) is 11.7. The lowest BCUT2D eigenvalue weighted by Gasteiger charge is -2.14. The molecule has 0 radical (unpaired) electrons. The van der Waals surface area contributed by atoms with E-state index in [9.17, 15) is 4.79 Å². The number of anilines is 1. The van der Waals surface area contributed by atoms with Crippen molar-refractivity contribution in [3.05, 3.63) is 46.9 Å². The molecular weight excluding hydrogens is 378 g/mol. The molecule has 0 aliphatic carbocycles. The SMILES string of the molecule is COc1ccc(S[C@@H](C)C(=O)Nc2ccc(Br)cc2)cc1OC. The highest BCUT2D eigenvalue weighted by atomic mass is 79.9. The molecule has 0 aromatic heterocycles. The largest absolute Gasteiger partial charge is 0.493 e. The van der Waals surface area contributed by atoms with E-state index in [1.165, 1.54) is 11.8 Å². The molecule has 0 spiro atoms. The summed E-state index contributed by atoms with van der Waals surface area (Å²) < 4.78 is 11.5. The molecule has 2 aromatic carbocycles. The molecule has 0 heterocycles. The molecule has 4 nitrogen and oxygen atoms in total. The molecule has 2 rings (SSSR count). The molecule has 0 unspecified atom stereocenters. The zero-order chi connectivity index (χ0) is 16.8. The number of rotatable bonds is 6. The van der Waals surface area contributed by atoms with Crippen LogP contribution in [-0.2, 0) is 4.79 Å². The second kappa shape index (κ2) is 8.26. The van der Waals surface area contributed by atoms with E-state index in [4.69, 9.17) is 9.47 Å². The molecule has 0 aliphatic heterocycles. The van der Waals surface area contributed by atoms with E-state index in [-0.39, 0.29) is 11.2 Å². The molecule has 1 atom stereocenters. The fourth-order valence-electron chi connectivity index (χ4n) is 1.92. The van der Waals surface area contributed by atoms with Gasteiger partial charge in [-0.2, -0.15) is 0 Å². The van der Waals surface area contributed by atoms with Crippen LogP contribution in [-0.4, -0.2) is 25.4 Å². The van der Waals surface area contributed by atoms with Crippen molar-refractivity contribution in [3.8, 4) is 11.5 Å². The third kappa shape index (κ3) is 4.91. The van der Waals surface area contributed by atoms with Gasteiger partial charge in [-0.05, 0) is 49.4 Å². The van der Waals surface area contributed by atoms with E-state index in [0.717, 1.165) is 15.1 Å². The van der Waals surface area contributed by atoms with Gasteiger partial charge in [-0.1, -0.05) is 15.9 Å². The lowest BCUT2D eigenvalue weighted by Crippen LogP contribution is -2.22. The van der Waals surface area contributed by atoms with E-state index in [1.807, 2.05) is 49.4 Å². The fourth-order valence-corrected chi connectivity index (χ4v) is 3.08. The van der Waals surface area contributed by atoms with Crippen LogP contribution in [0.5, 0.6) is 11.5 Å². The Bertz CT molecular complexity index is 676. The molecule has 1 N–H and O–H groups in total. The van der Waals surface area contributed by atoms with Gasteiger partial charge in [-0.3, -0.25) is 4.79 Å². The monoisotopic (exact) mass is 395 g/mol. The van der Waals surface area contributed by atoms with Crippen molar-refractivity contribution in [2.45, 2.75) is 17.1 Å². The minimum atomic E-state index is -0.239. The first-order valence-electron chi connectivity index (χ1n) is 6.98. The van der Waals surface area contributed by atoms with Crippen molar-refractivity contribution in [3.63, 3.8) is 0 Å². The molecule has 0 aliphatic rings. The van der Waals surface area contributed by atoms with Crippen molar-refractivity contribution in [2.24, 2.45) is 0 Å². The Balaban J connectivity index is 2.01. The van der Waals surface area contributed by atoms with Crippen LogP contribution in [0.3, 0.4) is 0 Å². The van der Waals surface area contributed by atoms with Crippen molar-refractivity contribution in [1.29, 1.82) is 0 Å². The molecular formula is C17H18BrNO3S. The Kier molecular flexibility index (Phi) is 6.36. The van der Waals surface area contributed by atoms with Gasteiger partial charge in [0, 0.05) is 15.1 Å². The summed E-state index contributed by atoms with van der Waals surface area (Å²) in [6, 6.07) is 13.1. The Hall–Kier alpha value is -1.66. The van der Waals surface area contributed by atoms with Crippen molar-refractivity contribution in [2.75, 3.05) is 19.5 Å². The highest BCUT2D eigenvalue weighted by Crippen LogP contribution is 2.33. The maximum atomic E-state index is 12.3. The Morgan fingerprint density at radius 2 is 1.74 bits per heavy atom. The van der Waals surface area contributed by atoms with E-state index in [0.29, 0.717) is 11.5 Å². The van der Waals surface area contributed by atoms with Crippen LogP contribution in [0.1, 0.15) is 6.92 Å². The number of carbonyl (C=O) groups is 1. The topological polar surface area (TPSA) is 47.6 Å². The van der Waals surface area contributed by atoms with Crippen LogP contribution >= 0.6 is 27.7 Å². The van der Waals surface area contributed by atoms with E-state index < -0.39 is 0 Å². The number of amides is 1. The summed E-state index contributed by atoms with van der Waals surface area (Å²) in [4.78, 5) is 13.2. The summed E-state index contributed by atoms with van der Waals surface area (Å²) in [5.41, 5.74) is 0.776. The third-order valence-electron chi connectivity index (χ3n) is 3.15. The predicted octanol–water partition coefficient (Wildman–Crippen LogP) is 4.59. The first kappa shape index (κ1) is 17.7. The molecule has 1 amide bonds. The maximum Gasteiger partial charge on any atom is 0.237 e. The quantitative estimate of drug-likeness (QED) is 0.726. The molecule has 2 aromatic rings. The van der Waals surface area contributed by atoms with Gasteiger partial charge >= 0.3 is 0 Å². The number of methoxy groups -OCH3 is 2. The van der Waals surface area contributed by atoms with E-state index in [1.54, 1.807) is 14.2 Å². The third-order valence-corrected chi connectivity index (χ3v) is 4.77. The minimum absolute atomic E-state index is 0.0490. The molecule has 0 bridgehead atoms. The van der Waals surface area contributed by atoms with Gasteiger partial charge < -0.3 is 14.8 Å². The lowest BCUT2D eigenvalue weighted by molar-refractivity contribution is -0.115.